The van der Waals surface area contributed by atoms with Crippen molar-refractivity contribution in [3.8, 4) is 0 Å². The van der Waals surface area contributed by atoms with Crippen molar-refractivity contribution in [3.05, 3.63) is 59.2 Å². The Morgan fingerprint density at radius 3 is 2.24 bits per heavy atom. The molecule has 0 spiro atoms. The molecule has 2 aromatic carbocycles. The van der Waals surface area contributed by atoms with E-state index in [4.69, 9.17) is 10.2 Å². The minimum atomic E-state index is -3.89. The number of benzene rings is 2. The molecule has 0 aliphatic heterocycles. The summed E-state index contributed by atoms with van der Waals surface area (Å²) in [4.78, 5) is 21.6. The van der Waals surface area contributed by atoms with E-state index in [1.165, 1.54) is 30.3 Å². The number of aliphatic carboxylic acids is 1. The number of hydrogen-bond donors (Lipinski definition) is 3. The van der Waals surface area contributed by atoms with Crippen LogP contribution in [-0.2, 0) is 21.2 Å². The molecule has 0 aliphatic rings. The smallest absolute Gasteiger partial charge is 0.335 e. The van der Waals surface area contributed by atoms with Crippen molar-refractivity contribution in [2.45, 2.75) is 24.7 Å². The van der Waals surface area contributed by atoms with Crippen molar-refractivity contribution in [3.63, 3.8) is 0 Å². The molecule has 0 saturated carbocycles. The molecule has 0 amide bonds. The molecular weight excluding hydrogens is 346 g/mol. The average molecular weight is 363 g/mol. The van der Waals surface area contributed by atoms with E-state index in [9.17, 15) is 18.0 Å². The van der Waals surface area contributed by atoms with Crippen LogP contribution in [0.2, 0.25) is 0 Å². The Labute approximate surface area is 145 Å². The van der Waals surface area contributed by atoms with E-state index in [0.29, 0.717) is 17.5 Å². The van der Waals surface area contributed by atoms with Crippen LogP contribution in [0.3, 0.4) is 0 Å². The van der Waals surface area contributed by atoms with Gasteiger partial charge in [-0.15, -0.1) is 0 Å². The molecule has 132 valence electrons. The largest absolute Gasteiger partial charge is 0.481 e. The lowest BCUT2D eigenvalue weighted by Gasteiger charge is -2.12. The van der Waals surface area contributed by atoms with Gasteiger partial charge < -0.3 is 10.2 Å². The van der Waals surface area contributed by atoms with Gasteiger partial charge in [-0.1, -0.05) is 18.2 Å². The van der Waals surface area contributed by atoms with Crippen molar-refractivity contribution in [2.24, 2.45) is 0 Å². The molecule has 2 aromatic rings. The summed E-state index contributed by atoms with van der Waals surface area (Å²) in [5.41, 5.74) is 1.47. The molecule has 0 saturated heterocycles. The summed E-state index contributed by atoms with van der Waals surface area (Å²) in [7, 11) is -3.89. The molecule has 0 unspecified atom stereocenters. The molecule has 7 nitrogen and oxygen atoms in total. The lowest BCUT2D eigenvalue weighted by molar-refractivity contribution is -0.136. The van der Waals surface area contributed by atoms with Gasteiger partial charge in [-0.2, -0.15) is 0 Å². The normalized spacial score (nSPS) is 11.1. The van der Waals surface area contributed by atoms with Crippen LogP contribution in [0.1, 0.15) is 27.9 Å². The van der Waals surface area contributed by atoms with Crippen LogP contribution >= 0.6 is 0 Å². The quantitative estimate of drug-likeness (QED) is 0.695. The van der Waals surface area contributed by atoms with Crippen LogP contribution in [0, 0.1) is 6.92 Å². The summed E-state index contributed by atoms with van der Waals surface area (Å²) in [6, 6.07) is 10.1. The maximum Gasteiger partial charge on any atom is 0.335 e. The predicted octanol–water partition coefficient (Wildman–Crippen LogP) is 2.51. The van der Waals surface area contributed by atoms with Gasteiger partial charge >= 0.3 is 11.9 Å². The number of anilines is 1. The van der Waals surface area contributed by atoms with E-state index in [-0.39, 0.29) is 22.6 Å². The number of aryl methyl sites for hydroxylation is 2. The Bertz CT molecular complexity index is 903. The molecule has 0 radical (unpaired) electrons. The lowest BCUT2D eigenvalue weighted by Crippen LogP contribution is -2.14. The number of carboxylic acid groups (broad SMARTS) is 2. The van der Waals surface area contributed by atoms with E-state index in [2.05, 4.69) is 4.72 Å². The monoisotopic (exact) mass is 363 g/mol. The van der Waals surface area contributed by atoms with Crippen LogP contribution in [-0.4, -0.2) is 30.6 Å². The maximum absolute atomic E-state index is 12.5. The van der Waals surface area contributed by atoms with Crippen molar-refractivity contribution in [1.29, 1.82) is 0 Å². The van der Waals surface area contributed by atoms with E-state index in [1.54, 1.807) is 19.1 Å². The number of rotatable bonds is 7. The topological polar surface area (TPSA) is 121 Å². The predicted molar refractivity (Wildman–Crippen MR) is 91.3 cm³/mol. The fourth-order valence-electron chi connectivity index (χ4n) is 2.16. The fourth-order valence-corrected chi connectivity index (χ4v) is 3.28. The van der Waals surface area contributed by atoms with Gasteiger partial charge in [0.15, 0.2) is 0 Å². The highest BCUT2D eigenvalue weighted by Crippen LogP contribution is 2.22. The zero-order chi connectivity index (χ0) is 18.6. The van der Waals surface area contributed by atoms with Crippen molar-refractivity contribution >= 4 is 27.6 Å². The second-order valence-electron chi connectivity index (χ2n) is 5.48. The summed E-state index contributed by atoms with van der Waals surface area (Å²) in [5.74, 6) is -2.07. The van der Waals surface area contributed by atoms with Crippen LogP contribution in [0.4, 0.5) is 5.69 Å². The van der Waals surface area contributed by atoms with Crippen LogP contribution in [0.25, 0.3) is 0 Å². The Kier molecular flexibility index (Phi) is 5.43. The van der Waals surface area contributed by atoms with Crippen molar-refractivity contribution < 1.29 is 28.2 Å². The molecule has 3 N–H and O–H groups in total. The molecule has 0 heterocycles. The third kappa shape index (κ3) is 4.80. The average Bonchev–Trinajstić information content (AvgIpc) is 2.55. The minimum Gasteiger partial charge on any atom is -0.481 e. The van der Waals surface area contributed by atoms with Gasteiger partial charge in [0.2, 0.25) is 0 Å². The molecule has 0 aliphatic carbocycles. The van der Waals surface area contributed by atoms with E-state index < -0.39 is 22.0 Å². The van der Waals surface area contributed by atoms with Crippen LogP contribution in [0.15, 0.2) is 47.4 Å². The zero-order valence-electron chi connectivity index (χ0n) is 13.4. The van der Waals surface area contributed by atoms with E-state index in [1.807, 2.05) is 0 Å². The highest BCUT2D eigenvalue weighted by Gasteiger charge is 2.16. The first-order chi connectivity index (χ1) is 11.7. The first-order valence-electron chi connectivity index (χ1n) is 7.36. The summed E-state index contributed by atoms with van der Waals surface area (Å²) in [6.07, 6.45) is 0.272. The summed E-state index contributed by atoms with van der Waals surface area (Å²) < 4.78 is 27.3. The Morgan fingerprint density at radius 2 is 1.68 bits per heavy atom. The summed E-state index contributed by atoms with van der Waals surface area (Å²) in [5, 5.41) is 17.7. The standard InChI is InChI=1S/C17H17NO6S/c1-11-2-6-13(17(21)22)10-15(11)18-25(23,24)14-7-3-12(4-8-14)5-9-16(19)20/h2-4,6-8,10,18H,5,9H2,1H3,(H,19,20)(H,21,22). The molecule has 8 heteroatoms. The molecule has 0 bridgehead atoms. The Hall–Kier alpha value is -2.87. The molecule has 0 atom stereocenters. The molecular formula is C17H17NO6S. The van der Waals surface area contributed by atoms with Gasteiger partial charge in [-0.3, -0.25) is 9.52 Å². The number of carboxylic acids is 2. The molecule has 0 aromatic heterocycles. The lowest BCUT2D eigenvalue weighted by atomic mass is 10.1. The second kappa shape index (κ2) is 7.35. The highest BCUT2D eigenvalue weighted by atomic mass is 32.2. The first kappa shape index (κ1) is 18.5. The number of hydrogen-bond acceptors (Lipinski definition) is 4. The van der Waals surface area contributed by atoms with Crippen LogP contribution in [0.5, 0.6) is 0 Å². The third-order valence-corrected chi connectivity index (χ3v) is 4.97. The number of sulfonamides is 1. The molecule has 2 rings (SSSR count). The van der Waals surface area contributed by atoms with Gasteiger partial charge in [-0.05, 0) is 48.7 Å². The SMILES string of the molecule is Cc1ccc(C(=O)O)cc1NS(=O)(=O)c1ccc(CCC(=O)O)cc1. The van der Waals surface area contributed by atoms with Crippen LogP contribution < -0.4 is 4.72 Å². The second-order valence-corrected chi connectivity index (χ2v) is 7.16. The minimum absolute atomic E-state index is 0.00621. The number of aromatic carboxylic acids is 1. The fraction of sp³-hybridized carbons (Fsp3) is 0.176. The Balaban J connectivity index is 2.23. The number of carbonyl (C=O) groups is 2. The van der Waals surface area contributed by atoms with Crippen molar-refractivity contribution in [1.82, 2.24) is 0 Å². The summed E-state index contributed by atoms with van der Waals surface area (Å²) in [6.45, 7) is 1.67. The third-order valence-electron chi connectivity index (χ3n) is 3.59. The van der Waals surface area contributed by atoms with Gasteiger partial charge in [0.1, 0.15) is 0 Å². The van der Waals surface area contributed by atoms with Gasteiger partial charge in [-0.25, -0.2) is 13.2 Å². The first-order valence-corrected chi connectivity index (χ1v) is 8.85. The zero-order valence-corrected chi connectivity index (χ0v) is 14.2. The van der Waals surface area contributed by atoms with Gasteiger partial charge in [0, 0.05) is 6.42 Å². The Morgan fingerprint density at radius 1 is 1.04 bits per heavy atom. The van der Waals surface area contributed by atoms with Gasteiger partial charge in [0.05, 0.1) is 16.1 Å². The van der Waals surface area contributed by atoms with E-state index in [0.717, 1.165) is 0 Å². The molecule has 0 fully saturated rings. The highest BCUT2D eigenvalue weighted by molar-refractivity contribution is 7.92. The van der Waals surface area contributed by atoms with Crippen molar-refractivity contribution in [2.75, 3.05) is 4.72 Å². The van der Waals surface area contributed by atoms with Gasteiger partial charge in [0.25, 0.3) is 10.0 Å². The maximum atomic E-state index is 12.5. The number of nitrogens with one attached hydrogen (secondary N) is 1. The summed E-state index contributed by atoms with van der Waals surface area (Å²) >= 11 is 0. The van der Waals surface area contributed by atoms with E-state index >= 15 is 0 Å². The molecule has 25 heavy (non-hydrogen) atoms.